The molecule has 0 amide bonds. The predicted molar refractivity (Wildman–Crippen MR) is 75.4 cm³/mol. The minimum atomic E-state index is 0.225. The zero-order valence-corrected chi connectivity index (χ0v) is 11.5. The Labute approximate surface area is 114 Å². The van der Waals surface area contributed by atoms with E-state index >= 15 is 0 Å². The second kappa shape index (κ2) is 5.24. The summed E-state index contributed by atoms with van der Waals surface area (Å²) in [6, 6.07) is 10.3. The van der Waals surface area contributed by atoms with Gasteiger partial charge in [0.2, 0.25) is 0 Å². The molecule has 1 aromatic carbocycles. The second-order valence-electron chi connectivity index (χ2n) is 4.26. The van der Waals surface area contributed by atoms with Crippen LogP contribution in [0.5, 0.6) is 0 Å². The van der Waals surface area contributed by atoms with Crippen LogP contribution in [0, 0.1) is 0 Å². The van der Waals surface area contributed by atoms with E-state index in [1.165, 1.54) is 9.77 Å². The normalized spacial score (nSPS) is 14.6. The van der Waals surface area contributed by atoms with E-state index in [1.54, 1.807) is 23.1 Å². The summed E-state index contributed by atoms with van der Waals surface area (Å²) in [5.41, 5.74) is 0.745. The summed E-state index contributed by atoms with van der Waals surface area (Å²) in [6.07, 6.45) is 2.68. The van der Waals surface area contributed by atoms with Gasteiger partial charge in [0, 0.05) is 16.2 Å². The second-order valence-corrected chi connectivity index (χ2v) is 6.47. The number of thioether (sulfide) groups is 1. The zero-order chi connectivity index (χ0) is 12.4. The first kappa shape index (κ1) is 11.9. The first-order valence-corrected chi connectivity index (χ1v) is 7.83. The first-order chi connectivity index (χ1) is 8.83. The Morgan fingerprint density at radius 1 is 1.22 bits per heavy atom. The molecule has 0 spiro atoms. The molecule has 0 atom stereocenters. The van der Waals surface area contributed by atoms with Crippen molar-refractivity contribution in [2.24, 2.45) is 0 Å². The van der Waals surface area contributed by atoms with Crippen molar-refractivity contribution in [3.8, 4) is 0 Å². The van der Waals surface area contributed by atoms with Crippen LogP contribution < -0.4 is 0 Å². The Morgan fingerprint density at radius 3 is 2.83 bits per heavy atom. The summed E-state index contributed by atoms with van der Waals surface area (Å²) < 4.78 is 0. The molecule has 0 radical (unpaired) electrons. The number of nitrogens with zero attached hydrogens (tertiary/aromatic N) is 1. The Hall–Kier alpha value is -1.13. The number of hydrogen-bond acceptors (Lipinski definition) is 4. The van der Waals surface area contributed by atoms with Gasteiger partial charge in [-0.3, -0.25) is 4.79 Å². The molecule has 0 aliphatic heterocycles. The fourth-order valence-electron chi connectivity index (χ4n) is 2.04. The van der Waals surface area contributed by atoms with E-state index in [-0.39, 0.29) is 5.78 Å². The summed E-state index contributed by atoms with van der Waals surface area (Å²) in [7, 11) is 0. The number of rotatable bonds is 3. The largest absolute Gasteiger partial charge is 0.292 e. The number of hydrogen-bond donors (Lipinski definition) is 0. The lowest BCUT2D eigenvalue weighted by Crippen LogP contribution is -2.08. The molecule has 1 heterocycles. The molecule has 92 valence electrons. The fourth-order valence-corrected chi connectivity index (χ4v) is 4.08. The van der Waals surface area contributed by atoms with Gasteiger partial charge in [0.15, 0.2) is 5.78 Å². The average Bonchev–Trinajstić information content (AvgIpc) is 2.82. The number of carbonyl (C=O) groups excluding carboxylic acids is 1. The monoisotopic (exact) mass is 275 g/mol. The molecule has 0 unspecified atom stereocenters. The van der Waals surface area contributed by atoms with Crippen LogP contribution in [0.3, 0.4) is 0 Å². The van der Waals surface area contributed by atoms with Crippen LogP contribution in [0.4, 0.5) is 0 Å². The van der Waals surface area contributed by atoms with Gasteiger partial charge < -0.3 is 0 Å². The maximum Gasteiger partial charge on any atom is 0.182 e. The summed E-state index contributed by atoms with van der Waals surface area (Å²) in [4.78, 5) is 18.6. The molecule has 0 saturated carbocycles. The minimum absolute atomic E-state index is 0.225. The quantitative estimate of drug-likeness (QED) is 0.794. The van der Waals surface area contributed by atoms with Gasteiger partial charge in [-0.05, 0) is 25.0 Å². The maximum absolute atomic E-state index is 11.7. The lowest BCUT2D eigenvalue weighted by molar-refractivity contribution is 0.0968. The van der Waals surface area contributed by atoms with Crippen molar-refractivity contribution in [1.29, 1.82) is 0 Å². The van der Waals surface area contributed by atoms with Crippen molar-refractivity contribution in [2.75, 3.05) is 0 Å². The Balaban J connectivity index is 1.72. The van der Waals surface area contributed by atoms with Gasteiger partial charge in [0.25, 0.3) is 0 Å². The van der Waals surface area contributed by atoms with E-state index in [1.807, 2.05) is 18.2 Å². The molecule has 2 nitrogen and oxygen atoms in total. The van der Waals surface area contributed by atoms with Crippen molar-refractivity contribution >= 4 is 28.9 Å². The molecule has 0 fully saturated rings. The number of thiazole rings is 1. The van der Waals surface area contributed by atoms with E-state index in [4.69, 9.17) is 0 Å². The standard InChI is InChI=1S/C14H13NOS2/c16-11-7-4-8-12-14(11)15-13(18-12)9-17-10-5-2-1-3-6-10/h1-3,5-6H,4,7-9H2. The van der Waals surface area contributed by atoms with Crippen LogP contribution in [0.2, 0.25) is 0 Å². The SMILES string of the molecule is O=C1CCCc2sc(CSc3ccccc3)nc21. The van der Waals surface area contributed by atoms with Crippen LogP contribution in [-0.4, -0.2) is 10.8 Å². The summed E-state index contributed by atoms with van der Waals surface area (Å²) in [5, 5.41) is 1.07. The van der Waals surface area contributed by atoms with E-state index < -0.39 is 0 Å². The first-order valence-electron chi connectivity index (χ1n) is 6.02. The molecule has 2 aromatic rings. The third-order valence-electron chi connectivity index (χ3n) is 2.92. The number of Topliss-reactive ketones (excluding diaryl/α,β-unsaturated/α-hetero) is 1. The minimum Gasteiger partial charge on any atom is -0.292 e. The Morgan fingerprint density at radius 2 is 2.06 bits per heavy atom. The molecule has 3 rings (SSSR count). The molecule has 4 heteroatoms. The van der Waals surface area contributed by atoms with Gasteiger partial charge in [0.1, 0.15) is 10.7 Å². The van der Waals surface area contributed by atoms with E-state index in [0.29, 0.717) is 6.42 Å². The number of carbonyl (C=O) groups is 1. The molecule has 0 saturated heterocycles. The fraction of sp³-hybridized carbons (Fsp3) is 0.286. The van der Waals surface area contributed by atoms with Gasteiger partial charge in [-0.25, -0.2) is 4.98 Å². The highest BCUT2D eigenvalue weighted by atomic mass is 32.2. The predicted octanol–water partition coefficient (Wildman–Crippen LogP) is 3.95. The molecular weight excluding hydrogens is 262 g/mol. The average molecular weight is 275 g/mol. The number of ketones is 1. The van der Waals surface area contributed by atoms with Gasteiger partial charge >= 0.3 is 0 Å². The summed E-state index contributed by atoms with van der Waals surface area (Å²) >= 11 is 3.48. The van der Waals surface area contributed by atoms with Crippen molar-refractivity contribution in [2.45, 2.75) is 29.9 Å². The van der Waals surface area contributed by atoms with Gasteiger partial charge in [-0.15, -0.1) is 23.1 Å². The van der Waals surface area contributed by atoms with Crippen LogP contribution in [0.25, 0.3) is 0 Å². The highest BCUT2D eigenvalue weighted by Gasteiger charge is 2.21. The summed E-state index contributed by atoms with van der Waals surface area (Å²) in [6.45, 7) is 0. The van der Waals surface area contributed by atoms with E-state index in [9.17, 15) is 4.79 Å². The number of aromatic nitrogens is 1. The number of aryl methyl sites for hydroxylation is 1. The molecule has 1 aromatic heterocycles. The van der Waals surface area contributed by atoms with Gasteiger partial charge in [-0.1, -0.05) is 18.2 Å². The third kappa shape index (κ3) is 2.49. The molecule has 18 heavy (non-hydrogen) atoms. The number of benzene rings is 1. The van der Waals surface area contributed by atoms with Gasteiger partial charge in [-0.2, -0.15) is 0 Å². The van der Waals surface area contributed by atoms with Crippen molar-refractivity contribution < 1.29 is 4.79 Å². The lowest BCUT2D eigenvalue weighted by Gasteiger charge is -2.06. The Bertz CT molecular complexity index is 562. The lowest BCUT2D eigenvalue weighted by atomic mass is 10.0. The van der Waals surface area contributed by atoms with Crippen LogP contribution in [0.15, 0.2) is 35.2 Å². The molecule has 1 aliphatic carbocycles. The Kier molecular flexibility index (Phi) is 3.48. The molecule has 0 bridgehead atoms. The van der Waals surface area contributed by atoms with E-state index in [2.05, 4.69) is 17.1 Å². The highest BCUT2D eigenvalue weighted by molar-refractivity contribution is 7.98. The van der Waals surface area contributed by atoms with Crippen molar-refractivity contribution in [3.05, 3.63) is 45.9 Å². The molecule has 1 aliphatic rings. The third-order valence-corrected chi connectivity index (χ3v) is 5.24. The van der Waals surface area contributed by atoms with Crippen molar-refractivity contribution in [3.63, 3.8) is 0 Å². The smallest absolute Gasteiger partial charge is 0.182 e. The summed E-state index contributed by atoms with van der Waals surface area (Å²) in [5.74, 6) is 1.08. The maximum atomic E-state index is 11.7. The van der Waals surface area contributed by atoms with Crippen LogP contribution in [0.1, 0.15) is 33.2 Å². The van der Waals surface area contributed by atoms with E-state index in [0.717, 1.165) is 29.3 Å². The van der Waals surface area contributed by atoms with Crippen LogP contribution in [-0.2, 0) is 12.2 Å². The van der Waals surface area contributed by atoms with Crippen molar-refractivity contribution in [1.82, 2.24) is 4.98 Å². The number of fused-ring (bicyclic) bond motifs is 1. The molecule has 0 N–H and O–H groups in total. The topological polar surface area (TPSA) is 30.0 Å². The zero-order valence-electron chi connectivity index (χ0n) is 9.89. The van der Waals surface area contributed by atoms with Crippen LogP contribution >= 0.6 is 23.1 Å². The molecular formula is C14H13NOS2. The van der Waals surface area contributed by atoms with Gasteiger partial charge in [0.05, 0.1) is 5.75 Å². The highest BCUT2D eigenvalue weighted by Crippen LogP contribution is 2.30.